The van der Waals surface area contributed by atoms with Crippen molar-refractivity contribution in [2.24, 2.45) is 0 Å². The number of aromatic amines is 1. The van der Waals surface area contributed by atoms with Crippen LogP contribution >= 0.6 is 11.8 Å². The monoisotopic (exact) mass is 495 g/mol. The van der Waals surface area contributed by atoms with Crippen LogP contribution < -0.4 is 10.9 Å². The topological polar surface area (TPSA) is 92.7 Å². The normalized spacial score (nSPS) is 11.9. The van der Waals surface area contributed by atoms with Gasteiger partial charge in [-0.3, -0.25) is 19.3 Å². The van der Waals surface area contributed by atoms with Gasteiger partial charge in [0.15, 0.2) is 0 Å². The highest BCUT2D eigenvalue weighted by molar-refractivity contribution is 7.98. The Morgan fingerprint density at radius 2 is 1.64 bits per heavy atom. The molecule has 2 heterocycles. The number of carbonyl (C=O) groups excluding carboxylic acids is 1. The van der Waals surface area contributed by atoms with Gasteiger partial charge in [0.1, 0.15) is 6.33 Å². The zero-order valence-electron chi connectivity index (χ0n) is 19.7. The van der Waals surface area contributed by atoms with E-state index in [2.05, 4.69) is 20.5 Å². The van der Waals surface area contributed by atoms with E-state index in [1.165, 1.54) is 18.1 Å². The molecular formula is C28H25N5O2S. The maximum atomic E-state index is 14.0. The first-order valence-corrected chi connectivity index (χ1v) is 12.7. The van der Waals surface area contributed by atoms with Gasteiger partial charge in [-0.05, 0) is 30.2 Å². The third-order valence-corrected chi connectivity index (χ3v) is 6.95. The number of hydrogen-bond donors (Lipinski definition) is 2. The van der Waals surface area contributed by atoms with Crippen molar-refractivity contribution in [2.45, 2.75) is 30.3 Å². The number of nitrogens with one attached hydrogen (secondary N) is 2. The lowest BCUT2D eigenvalue weighted by Crippen LogP contribution is -2.32. The summed E-state index contributed by atoms with van der Waals surface area (Å²) in [4.78, 5) is 32.0. The van der Waals surface area contributed by atoms with Crippen LogP contribution in [0.4, 0.5) is 0 Å². The lowest BCUT2D eigenvalue weighted by atomic mass is 10.0. The van der Waals surface area contributed by atoms with Crippen molar-refractivity contribution in [3.63, 3.8) is 0 Å². The second kappa shape index (κ2) is 10.6. The highest BCUT2D eigenvalue weighted by Crippen LogP contribution is 2.29. The summed E-state index contributed by atoms with van der Waals surface area (Å²) in [5, 5.41) is 11.7. The fraction of sp³-hybridized carbons (Fsp3) is 0.143. The lowest BCUT2D eigenvalue weighted by Gasteiger charge is -2.22. The third-order valence-electron chi connectivity index (χ3n) is 6.08. The highest BCUT2D eigenvalue weighted by Gasteiger charge is 2.25. The molecule has 1 atom stereocenters. The molecule has 0 aliphatic rings. The molecule has 7 nitrogen and oxygen atoms in total. The molecule has 0 spiro atoms. The Hall–Kier alpha value is -4.17. The van der Waals surface area contributed by atoms with E-state index in [1.807, 2.05) is 85.8 Å². The summed E-state index contributed by atoms with van der Waals surface area (Å²) in [6.45, 7) is 2.04. The Labute approximate surface area is 212 Å². The van der Waals surface area contributed by atoms with Crippen LogP contribution in [0, 0.1) is 0 Å². The number of nitrogens with zero attached hydrogens (tertiary/aromatic N) is 3. The number of hydrogen-bond acceptors (Lipinski definition) is 5. The smallest absolute Gasteiger partial charge is 0.263 e. The molecule has 0 saturated heterocycles. The van der Waals surface area contributed by atoms with Crippen LogP contribution in [0.2, 0.25) is 0 Å². The molecule has 1 amide bonds. The molecule has 5 rings (SSSR count). The minimum Gasteiger partial charge on any atom is -0.345 e. The van der Waals surface area contributed by atoms with Crippen molar-refractivity contribution in [3.8, 4) is 5.69 Å². The maximum Gasteiger partial charge on any atom is 0.263 e. The fourth-order valence-corrected chi connectivity index (χ4v) is 5.16. The largest absolute Gasteiger partial charge is 0.345 e. The number of thioether (sulfide) groups is 1. The standard InChI is InChI=1S/C28H25N5O2S/c1-2-23(19-11-5-3-6-12-19)31-26(34)25-21-15-9-10-16-22(21)27(35)33(20-13-7-4-8-14-20)24(25)17-36-28-29-18-30-32-28/h3-16,18,23H,2,17H2,1H3,(H,31,34)(H,29,30,32)/t23-/m0/s1. The van der Waals surface area contributed by atoms with Crippen LogP contribution in [0.5, 0.6) is 0 Å². The third kappa shape index (κ3) is 4.67. The van der Waals surface area contributed by atoms with Crippen molar-refractivity contribution >= 4 is 28.4 Å². The van der Waals surface area contributed by atoms with E-state index in [0.717, 1.165) is 12.0 Å². The van der Waals surface area contributed by atoms with Gasteiger partial charge in [0.2, 0.25) is 5.16 Å². The molecule has 8 heteroatoms. The average molecular weight is 496 g/mol. The van der Waals surface area contributed by atoms with Gasteiger partial charge in [-0.15, -0.1) is 5.10 Å². The van der Waals surface area contributed by atoms with Crippen molar-refractivity contribution in [1.29, 1.82) is 0 Å². The van der Waals surface area contributed by atoms with Crippen molar-refractivity contribution in [3.05, 3.63) is 118 Å². The number of aromatic nitrogens is 4. The summed E-state index contributed by atoms with van der Waals surface area (Å²) in [5.74, 6) is 0.106. The summed E-state index contributed by atoms with van der Waals surface area (Å²) in [7, 11) is 0. The van der Waals surface area contributed by atoms with Crippen LogP contribution in [0.1, 0.15) is 41.0 Å². The molecule has 0 aliphatic carbocycles. The van der Waals surface area contributed by atoms with E-state index >= 15 is 0 Å². The minimum atomic E-state index is -0.225. The predicted octanol–water partition coefficient (Wildman–Crippen LogP) is 5.28. The summed E-state index contributed by atoms with van der Waals surface area (Å²) >= 11 is 1.37. The molecule has 36 heavy (non-hydrogen) atoms. The lowest BCUT2D eigenvalue weighted by molar-refractivity contribution is 0.0936. The number of para-hydroxylation sites is 1. The second-order valence-electron chi connectivity index (χ2n) is 8.26. The molecule has 0 aliphatic heterocycles. The molecular weight excluding hydrogens is 470 g/mol. The Balaban J connectivity index is 1.70. The van der Waals surface area contributed by atoms with Crippen molar-refractivity contribution < 1.29 is 4.79 Å². The zero-order valence-corrected chi connectivity index (χ0v) is 20.5. The molecule has 0 radical (unpaired) electrons. The number of pyridine rings is 1. The highest BCUT2D eigenvalue weighted by atomic mass is 32.2. The van der Waals surface area contributed by atoms with E-state index in [-0.39, 0.29) is 17.5 Å². The summed E-state index contributed by atoms with van der Waals surface area (Å²) in [6.07, 6.45) is 2.24. The van der Waals surface area contributed by atoms with E-state index in [4.69, 9.17) is 0 Å². The Morgan fingerprint density at radius 1 is 0.972 bits per heavy atom. The molecule has 180 valence electrons. The number of carbonyl (C=O) groups is 1. The fourth-order valence-electron chi connectivity index (χ4n) is 4.37. The van der Waals surface area contributed by atoms with Gasteiger partial charge in [0, 0.05) is 22.2 Å². The van der Waals surface area contributed by atoms with Gasteiger partial charge >= 0.3 is 0 Å². The average Bonchev–Trinajstić information content (AvgIpc) is 3.45. The molecule has 0 bridgehead atoms. The van der Waals surface area contributed by atoms with Crippen LogP contribution in [-0.4, -0.2) is 25.7 Å². The first-order chi connectivity index (χ1) is 17.7. The van der Waals surface area contributed by atoms with Gasteiger partial charge in [0.05, 0.1) is 17.3 Å². The number of rotatable bonds is 8. The Kier molecular flexibility index (Phi) is 6.95. The van der Waals surface area contributed by atoms with Gasteiger partial charge in [-0.1, -0.05) is 85.4 Å². The number of fused-ring (bicyclic) bond motifs is 1. The van der Waals surface area contributed by atoms with Gasteiger partial charge < -0.3 is 5.32 Å². The van der Waals surface area contributed by atoms with Gasteiger partial charge in [-0.2, -0.15) is 0 Å². The molecule has 2 aromatic heterocycles. The SMILES string of the molecule is CC[C@H](NC(=O)c1c(CSc2nc[nH]n2)n(-c2ccccc2)c(=O)c2ccccc12)c1ccccc1. The number of benzene rings is 3. The van der Waals surface area contributed by atoms with Crippen molar-refractivity contribution in [2.75, 3.05) is 0 Å². The first kappa shape index (κ1) is 23.6. The molecule has 0 fully saturated rings. The summed E-state index contributed by atoms with van der Waals surface area (Å²) < 4.78 is 1.64. The maximum absolute atomic E-state index is 14.0. The number of amides is 1. The van der Waals surface area contributed by atoms with Gasteiger partial charge in [-0.25, -0.2) is 4.98 Å². The number of H-pyrrole nitrogens is 1. The van der Waals surface area contributed by atoms with E-state index in [1.54, 1.807) is 10.6 Å². The predicted molar refractivity (Wildman–Crippen MR) is 142 cm³/mol. The van der Waals surface area contributed by atoms with Crippen molar-refractivity contribution in [1.82, 2.24) is 25.1 Å². The van der Waals surface area contributed by atoms with Gasteiger partial charge in [0.25, 0.3) is 11.5 Å². The summed E-state index contributed by atoms with van der Waals surface area (Å²) in [6, 6.07) is 26.4. The Morgan fingerprint density at radius 3 is 2.31 bits per heavy atom. The van der Waals surface area contributed by atoms with E-state index < -0.39 is 0 Å². The molecule has 0 unspecified atom stereocenters. The van der Waals surface area contributed by atoms with Crippen LogP contribution in [0.15, 0.2) is 101 Å². The van der Waals surface area contributed by atoms with E-state index in [0.29, 0.717) is 38.6 Å². The first-order valence-electron chi connectivity index (χ1n) is 11.7. The molecule has 0 saturated carbocycles. The quantitative estimate of drug-likeness (QED) is 0.286. The second-order valence-corrected chi connectivity index (χ2v) is 9.20. The Bertz CT molecular complexity index is 1530. The van der Waals surface area contributed by atoms with Crippen LogP contribution in [0.3, 0.4) is 0 Å². The van der Waals surface area contributed by atoms with Crippen LogP contribution in [-0.2, 0) is 5.75 Å². The molecule has 2 N–H and O–H groups in total. The minimum absolute atomic E-state index is 0.164. The van der Waals surface area contributed by atoms with Crippen LogP contribution in [0.25, 0.3) is 16.5 Å². The molecule has 3 aromatic carbocycles. The zero-order chi connectivity index (χ0) is 24.9. The summed E-state index contributed by atoms with van der Waals surface area (Å²) in [5.41, 5.74) is 2.63. The van der Waals surface area contributed by atoms with E-state index in [9.17, 15) is 9.59 Å². The molecule has 5 aromatic rings.